The lowest BCUT2D eigenvalue weighted by molar-refractivity contribution is -0.124. The number of likely N-dealkylation sites (N-methyl/N-ethyl adjacent to an activating group) is 1. The Morgan fingerprint density at radius 2 is 1.91 bits per heavy atom. The Labute approximate surface area is 139 Å². The maximum atomic E-state index is 12.6. The number of halogens is 2. The molecular formula is C15H19Cl2N3O2. The molecule has 1 aromatic rings. The number of rotatable bonds is 5. The van der Waals surface area contributed by atoms with Crippen LogP contribution in [-0.4, -0.2) is 49.4 Å². The van der Waals surface area contributed by atoms with Crippen molar-refractivity contribution in [3.8, 4) is 0 Å². The van der Waals surface area contributed by atoms with Gasteiger partial charge in [0, 0.05) is 35.2 Å². The fourth-order valence-corrected chi connectivity index (χ4v) is 3.08. The van der Waals surface area contributed by atoms with Crippen molar-refractivity contribution in [2.45, 2.75) is 18.9 Å². The Bertz CT molecular complexity index is 545. The number of likely N-dealkylation sites (tertiary alicyclic amines) is 1. The van der Waals surface area contributed by atoms with E-state index in [0.717, 1.165) is 6.42 Å². The highest BCUT2D eigenvalue weighted by Gasteiger charge is 2.34. The minimum atomic E-state index is -0.429. The third-order valence-corrected chi connectivity index (χ3v) is 4.04. The molecule has 1 aliphatic heterocycles. The molecule has 0 radical (unpaired) electrons. The van der Waals surface area contributed by atoms with Crippen LogP contribution in [0.3, 0.4) is 0 Å². The maximum absolute atomic E-state index is 12.6. The van der Waals surface area contributed by atoms with Gasteiger partial charge in [0.1, 0.15) is 6.04 Å². The van der Waals surface area contributed by atoms with Gasteiger partial charge in [0.15, 0.2) is 0 Å². The summed E-state index contributed by atoms with van der Waals surface area (Å²) in [5.74, 6) is -0.329. The largest absolute Gasteiger partial charge is 0.353 e. The van der Waals surface area contributed by atoms with Crippen molar-refractivity contribution in [3.05, 3.63) is 33.8 Å². The highest BCUT2D eigenvalue weighted by atomic mass is 35.5. The van der Waals surface area contributed by atoms with E-state index in [1.165, 1.54) is 0 Å². The van der Waals surface area contributed by atoms with Gasteiger partial charge in [-0.15, -0.1) is 0 Å². The number of hydrogen-bond donors (Lipinski definition) is 2. The van der Waals surface area contributed by atoms with Gasteiger partial charge in [-0.1, -0.05) is 23.2 Å². The Morgan fingerprint density at radius 1 is 1.23 bits per heavy atom. The molecule has 5 nitrogen and oxygen atoms in total. The number of carbonyl (C=O) groups excluding carboxylic acids is 2. The van der Waals surface area contributed by atoms with Gasteiger partial charge in [0.05, 0.1) is 0 Å². The van der Waals surface area contributed by atoms with E-state index in [1.807, 2.05) is 7.05 Å². The van der Waals surface area contributed by atoms with Gasteiger partial charge in [-0.05, 0) is 38.1 Å². The van der Waals surface area contributed by atoms with E-state index in [1.54, 1.807) is 23.1 Å². The van der Waals surface area contributed by atoms with Crippen LogP contribution >= 0.6 is 23.2 Å². The van der Waals surface area contributed by atoms with Crippen molar-refractivity contribution in [2.75, 3.05) is 26.7 Å². The monoisotopic (exact) mass is 343 g/mol. The van der Waals surface area contributed by atoms with E-state index < -0.39 is 6.04 Å². The summed E-state index contributed by atoms with van der Waals surface area (Å²) in [7, 11) is 1.82. The number of hydrogen-bond acceptors (Lipinski definition) is 3. The normalized spacial score (nSPS) is 17.6. The summed E-state index contributed by atoms with van der Waals surface area (Å²) in [5.41, 5.74) is 0.410. The van der Waals surface area contributed by atoms with Gasteiger partial charge in [0.2, 0.25) is 5.91 Å². The van der Waals surface area contributed by atoms with Gasteiger partial charge >= 0.3 is 0 Å². The molecule has 120 valence electrons. The Kier molecular flexibility index (Phi) is 6.06. The molecule has 2 N–H and O–H groups in total. The quantitative estimate of drug-likeness (QED) is 0.803. The average Bonchev–Trinajstić information content (AvgIpc) is 2.95. The second kappa shape index (κ2) is 7.81. The third-order valence-electron chi connectivity index (χ3n) is 3.60. The van der Waals surface area contributed by atoms with Crippen molar-refractivity contribution in [1.82, 2.24) is 15.5 Å². The molecule has 22 heavy (non-hydrogen) atoms. The van der Waals surface area contributed by atoms with Crippen LogP contribution in [0.4, 0.5) is 0 Å². The number of nitrogens with one attached hydrogen (secondary N) is 2. The lowest BCUT2D eigenvalue weighted by atomic mass is 10.1. The van der Waals surface area contributed by atoms with Gasteiger partial charge in [-0.2, -0.15) is 0 Å². The van der Waals surface area contributed by atoms with E-state index in [4.69, 9.17) is 23.2 Å². The summed E-state index contributed by atoms with van der Waals surface area (Å²) in [6, 6.07) is 4.29. The fourth-order valence-electron chi connectivity index (χ4n) is 2.55. The number of carbonyl (C=O) groups is 2. The van der Waals surface area contributed by atoms with E-state index >= 15 is 0 Å². The maximum Gasteiger partial charge on any atom is 0.254 e. The molecule has 1 fully saturated rings. The molecule has 1 unspecified atom stereocenters. The van der Waals surface area contributed by atoms with Crippen molar-refractivity contribution >= 4 is 35.0 Å². The number of nitrogens with zero attached hydrogens (tertiary/aromatic N) is 1. The summed E-state index contributed by atoms with van der Waals surface area (Å²) in [6.07, 6.45) is 1.48. The molecule has 0 bridgehead atoms. The highest BCUT2D eigenvalue weighted by Crippen LogP contribution is 2.24. The van der Waals surface area contributed by atoms with Crippen LogP contribution in [0.5, 0.6) is 0 Å². The predicted molar refractivity (Wildman–Crippen MR) is 87.5 cm³/mol. The van der Waals surface area contributed by atoms with Crippen LogP contribution in [0, 0.1) is 0 Å². The summed E-state index contributed by atoms with van der Waals surface area (Å²) in [4.78, 5) is 26.4. The summed E-state index contributed by atoms with van der Waals surface area (Å²) in [5, 5.41) is 6.61. The first kappa shape index (κ1) is 17.1. The van der Waals surface area contributed by atoms with Gasteiger partial charge < -0.3 is 15.5 Å². The van der Waals surface area contributed by atoms with Gasteiger partial charge in [0.25, 0.3) is 5.91 Å². The lowest BCUT2D eigenvalue weighted by Crippen LogP contribution is -2.47. The van der Waals surface area contributed by atoms with Crippen LogP contribution in [-0.2, 0) is 4.79 Å². The first-order valence-corrected chi connectivity index (χ1v) is 7.98. The van der Waals surface area contributed by atoms with Gasteiger partial charge in [-0.25, -0.2) is 0 Å². The van der Waals surface area contributed by atoms with Crippen molar-refractivity contribution in [3.63, 3.8) is 0 Å². The van der Waals surface area contributed by atoms with E-state index in [9.17, 15) is 9.59 Å². The average molecular weight is 344 g/mol. The zero-order chi connectivity index (χ0) is 16.1. The second-order valence-corrected chi connectivity index (χ2v) is 6.08. The first-order valence-electron chi connectivity index (χ1n) is 7.22. The Hall–Kier alpha value is -1.30. The molecule has 1 heterocycles. The summed E-state index contributed by atoms with van der Waals surface area (Å²) >= 11 is 11.9. The van der Waals surface area contributed by atoms with E-state index in [2.05, 4.69) is 10.6 Å². The number of amides is 2. The molecule has 0 aromatic heterocycles. The molecule has 0 saturated carbocycles. The van der Waals surface area contributed by atoms with Crippen LogP contribution in [0.25, 0.3) is 0 Å². The van der Waals surface area contributed by atoms with E-state index in [-0.39, 0.29) is 11.8 Å². The SMILES string of the molecule is CNCCNC(=O)C1CCCN1C(=O)c1cc(Cl)cc(Cl)c1. The molecule has 2 rings (SSSR count). The molecule has 0 aliphatic carbocycles. The topological polar surface area (TPSA) is 61.4 Å². The molecular weight excluding hydrogens is 325 g/mol. The molecule has 1 saturated heterocycles. The molecule has 7 heteroatoms. The van der Waals surface area contributed by atoms with E-state index in [0.29, 0.717) is 41.7 Å². The molecule has 0 spiro atoms. The standard InChI is InChI=1S/C15H19Cl2N3O2/c1-18-4-5-19-14(21)13-3-2-6-20(13)15(22)10-7-11(16)9-12(17)8-10/h7-9,13,18H,2-6H2,1H3,(H,19,21). The summed E-state index contributed by atoms with van der Waals surface area (Å²) < 4.78 is 0. The van der Waals surface area contributed by atoms with Crippen molar-refractivity contribution in [1.29, 1.82) is 0 Å². The van der Waals surface area contributed by atoms with Crippen molar-refractivity contribution in [2.24, 2.45) is 0 Å². The molecule has 1 atom stereocenters. The Morgan fingerprint density at radius 3 is 2.55 bits per heavy atom. The van der Waals surface area contributed by atoms with Crippen molar-refractivity contribution < 1.29 is 9.59 Å². The minimum Gasteiger partial charge on any atom is -0.353 e. The molecule has 1 aromatic carbocycles. The highest BCUT2D eigenvalue weighted by molar-refractivity contribution is 6.35. The lowest BCUT2D eigenvalue weighted by Gasteiger charge is -2.24. The Balaban J connectivity index is 2.09. The zero-order valence-electron chi connectivity index (χ0n) is 12.4. The van der Waals surface area contributed by atoms with Crippen LogP contribution in [0.15, 0.2) is 18.2 Å². The molecule has 2 amide bonds. The van der Waals surface area contributed by atoms with Gasteiger partial charge in [-0.3, -0.25) is 9.59 Å². The second-order valence-electron chi connectivity index (χ2n) is 5.21. The summed E-state index contributed by atoms with van der Waals surface area (Å²) in [6.45, 7) is 1.79. The predicted octanol–water partition coefficient (Wildman–Crippen LogP) is 1.93. The first-order chi connectivity index (χ1) is 10.5. The van der Waals surface area contributed by atoms with Crippen LogP contribution < -0.4 is 10.6 Å². The smallest absolute Gasteiger partial charge is 0.254 e. The third kappa shape index (κ3) is 4.12. The number of benzene rings is 1. The molecule has 1 aliphatic rings. The zero-order valence-corrected chi connectivity index (χ0v) is 13.9. The minimum absolute atomic E-state index is 0.116. The van der Waals surface area contributed by atoms with Crippen LogP contribution in [0.1, 0.15) is 23.2 Å². The van der Waals surface area contributed by atoms with Crippen LogP contribution in [0.2, 0.25) is 10.0 Å². The fraction of sp³-hybridized carbons (Fsp3) is 0.467.